The summed E-state index contributed by atoms with van der Waals surface area (Å²) in [6.07, 6.45) is 4.04. The highest BCUT2D eigenvalue weighted by molar-refractivity contribution is 6.06. The summed E-state index contributed by atoms with van der Waals surface area (Å²) < 4.78 is 1.73. The highest BCUT2D eigenvalue weighted by Crippen LogP contribution is 2.40. The molecule has 2 aromatic rings. The summed E-state index contributed by atoms with van der Waals surface area (Å²) in [4.78, 5) is 28.8. The van der Waals surface area contributed by atoms with Crippen LogP contribution in [0.15, 0.2) is 6.07 Å². The third kappa shape index (κ3) is 2.88. The average molecular weight is 342 g/mol. The lowest BCUT2D eigenvalue weighted by atomic mass is 10.1. The number of carbonyl (C=O) groups is 2. The van der Waals surface area contributed by atoms with Crippen LogP contribution in [0.2, 0.25) is 0 Å². The number of aryl methyl sites for hydroxylation is 2. The van der Waals surface area contributed by atoms with E-state index in [9.17, 15) is 9.59 Å². The second-order valence-electron chi connectivity index (χ2n) is 7.30. The number of hydrogen-bond acceptors (Lipinski definition) is 4. The van der Waals surface area contributed by atoms with Crippen molar-refractivity contribution in [3.05, 3.63) is 23.0 Å². The van der Waals surface area contributed by atoms with Gasteiger partial charge in [-0.2, -0.15) is 5.10 Å². The molecule has 2 aliphatic carbocycles. The van der Waals surface area contributed by atoms with Gasteiger partial charge in [0.25, 0.3) is 5.91 Å². The van der Waals surface area contributed by atoms with Crippen LogP contribution in [0.4, 0.5) is 0 Å². The number of amides is 1. The predicted octanol–water partition coefficient (Wildman–Crippen LogP) is 2.14. The maximum atomic E-state index is 12.9. The molecule has 25 heavy (non-hydrogen) atoms. The van der Waals surface area contributed by atoms with Gasteiger partial charge in [-0.05, 0) is 45.1 Å². The molecule has 2 N–H and O–H groups in total. The minimum absolute atomic E-state index is 0.0850. The van der Waals surface area contributed by atoms with Crippen molar-refractivity contribution < 1.29 is 14.7 Å². The lowest BCUT2D eigenvalue weighted by Gasteiger charge is -2.14. The number of nitrogens with zero attached hydrogens (tertiary/aromatic N) is 3. The van der Waals surface area contributed by atoms with E-state index in [0.717, 1.165) is 35.3 Å². The number of hydrogen-bond donors (Lipinski definition) is 2. The van der Waals surface area contributed by atoms with E-state index in [1.54, 1.807) is 4.68 Å². The van der Waals surface area contributed by atoms with Gasteiger partial charge in [-0.25, -0.2) is 4.98 Å². The third-order valence-electron chi connectivity index (χ3n) is 5.35. The van der Waals surface area contributed by atoms with Crippen LogP contribution in [0.5, 0.6) is 0 Å². The molecule has 4 rings (SSSR count). The summed E-state index contributed by atoms with van der Waals surface area (Å²) in [5, 5.41) is 17.4. The van der Waals surface area contributed by atoms with Gasteiger partial charge in [-0.1, -0.05) is 0 Å². The summed E-state index contributed by atoms with van der Waals surface area (Å²) in [6.45, 7) is 1.88. The lowest BCUT2D eigenvalue weighted by molar-refractivity contribution is -0.141. The first-order chi connectivity index (χ1) is 11.9. The zero-order chi connectivity index (χ0) is 17.7. The quantitative estimate of drug-likeness (QED) is 0.887. The maximum Gasteiger partial charge on any atom is 0.306 e. The zero-order valence-corrected chi connectivity index (χ0v) is 14.5. The van der Waals surface area contributed by atoms with E-state index in [4.69, 9.17) is 10.1 Å². The van der Waals surface area contributed by atoms with Crippen LogP contribution in [-0.4, -0.2) is 37.8 Å². The number of carboxylic acids is 1. The fraction of sp³-hybridized carbons (Fsp3) is 0.556. The van der Waals surface area contributed by atoms with Gasteiger partial charge in [-0.3, -0.25) is 14.3 Å². The molecule has 2 aromatic heterocycles. The van der Waals surface area contributed by atoms with Gasteiger partial charge in [0.15, 0.2) is 5.65 Å². The molecule has 2 fully saturated rings. The summed E-state index contributed by atoms with van der Waals surface area (Å²) in [6, 6.07) is 1.81. The number of carboxylic acid groups (broad SMARTS) is 1. The number of aromatic nitrogens is 3. The molecule has 2 aliphatic rings. The van der Waals surface area contributed by atoms with Crippen LogP contribution in [0.1, 0.15) is 59.8 Å². The predicted molar refractivity (Wildman–Crippen MR) is 91.5 cm³/mol. The molecule has 0 saturated heterocycles. The molecule has 1 amide bonds. The number of rotatable bonds is 4. The molecule has 2 heterocycles. The molecule has 132 valence electrons. The highest BCUT2D eigenvalue weighted by Gasteiger charge is 2.32. The van der Waals surface area contributed by atoms with E-state index < -0.39 is 5.97 Å². The normalized spacial score (nSPS) is 23.1. The Morgan fingerprint density at radius 1 is 1.28 bits per heavy atom. The molecule has 7 heteroatoms. The van der Waals surface area contributed by atoms with Gasteiger partial charge in [0.1, 0.15) is 0 Å². The second kappa shape index (κ2) is 5.82. The van der Waals surface area contributed by atoms with Crippen molar-refractivity contribution in [2.24, 2.45) is 13.0 Å². The van der Waals surface area contributed by atoms with Crippen LogP contribution in [0.3, 0.4) is 0 Å². The number of carbonyl (C=O) groups excluding carboxylic acids is 1. The highest BCUT2D eigenvalue weighted by atomic mass is 16.4. The lowest BCUT2D eigenvalue weighted by Crippen LogP contribution is -2.33. The van der Waals surface area contributed by atoms with Crippen molar-refractivity contribution in [2.45, 2.75) is 51.0 Å². The summed E-state index contributed by atoms with van der Waals surface area (Å²) in [7, 11) is 1.84. The molecular weight excluding hydrogens is 320 g/mol. The molecule has 2 saturated carbocycles. The van der Waals surface area contributed by atoms with E-state index in [0.29, 0.717) is 30.7 Å². The Morgan fingerprint density at radius 2 is 2.04 bits per heavy atom. The molecule has 0 unspecified atom stereocenters. The first kappa shape index (κ1) is 16.1. The van der Waals surface area contributed by atoms with Crippen molar-refractivity contribution in [1.29, 1.82) is 0 Å². The van der Waals surface area contributed by atoms with Gasteiger partial charge >= 0.3 is 5.97 Å². The van der Waals surface area contributed by atoms with Crippen molar-refractivity contribution >= 4 is 22.9 Å². The monoisotopic (exact) mass is 342 g/mol. The Balaban J connectivity index is 1.65. The van der Waals surface area contributed by atoms with Gasteiger partial charge in [-0.15, -0.1) is 0 Å². The van der Waals surface area contributed by atoms with Crippen molar-refractivity contribution in [1.82, 2.24) is 20.1 Å². The third-order valence-corrected chi connectivity index (χ3v) is 5.35. The second-order valence-corrected chi connectivity index (χ2v) is 7.30. The van der Waals surface area contributed by atoms with Crippen LogP contribution in [-0.2, 0) is 11.8 Å². The number of aliphatic carboxylic acids is 1. The van der Waals surface area contributed by atoms with Gasteiger partial charge < -0.3 is 10.4 Å². The number of fused-ring (bicyclic) bond motifs is 1. The zero-order valence-electron chi connectivity index (χ0n) is 14.5. The minimum Gasteiger partial charge on any atom is -0.481 e. The van der Waals surface area contributed by atoms with E-state index in [2.05, 4.69) is 10.4 Å². The fourth-order valence-electron chi connectivity index (χ4n) is 3.83. The molecule has 2 atom stereocenters. The minimum atomic E-state index is -0.776. The van der Waals surface area contributed by atoms with Crippen LogP contribution >= 0.6 is 0 Å². The Morgan fingerprint density at radius 3 is 2.68 bits per heavy atom. The molecule has 7 nitrogen and oxygen atoms in total. The van der Waals surface area contributed by atoms with E-state index >= 15 is 0 Å². The van der Waals surface area contributed by atoms with Crippen LogP contribution < -0.4 is 5.32 Å². The number of nitrogens with one attached hydrogen (secondary N) is 1. The maximum absolute atomic E-state index is 12.9. The van der Waals surface area contributed by atoms with E-state index in [1.165, 1.54) is 0 Å². The van der Waals surface area contributed by atoms with Crippen molar-refractivity contribution in [3.63, 3.8) is 0 Å². The first-order valence-corrected chi connectivity index (χ1v) is 8.82. The Labute approximate surface area is 145 Å². The van der Waals surface area contributed by atoms with Gasteiger partial charge in [0.05, 0.1) is 22.6 Å². The molecule has 0 radical (unpaired) electrons. The van der Waals surface area contributed by atoms with E-state index in [1.807, 2.05) is 20.0 Å². The van der Waals surface area contributed by atoms with Crippen LogP contribution in [0.25, 0.3) is 11.0 Å². The Bertz CT molecular complexity index is 869. The van der Waals surface area contributed by atoms with Crippen molar-refractivity contribution in [3.8, 4) is 0 Å². The Hall–Kier alpha value is -2.44. The fourth-order valence-corrected chi connectivity index (χ4v) is 3.83. The standard InChI is InChI=1S/C18H22N4O3/c1-9-15-13(17(23)19-12-6-5-11(7-12)18(24)25)8-14(10-3-4-10)20-16(15)22(2)21-9/h8,10-12H,3-7H2,1-2H3,(H,19,23)(H,24,25)/t11-,12+/m1/s1. The summed E-state index contributed by atoms with van der Waals surface area (Å²) >= 11 is 0. The van der Waals surface area contributed by atoms with Gasteiger partial charge in [0, 0.05) is 24.7 Å². The summed E-state index contributed by atoms with van der Waals surface area (Å²) in [5.74, 6) is -0.845. The molecule has 0 spiro atoms. The molecule has 0 bridgehead atoms. The largest absolute Gasteiger partial charge is 0.481 e. The average Bonchev–Trinajstić information content (AvgIpc) is 3.25. The van der Waals surface area contributed by atoms with E-state index in [-0.39, 0.29) is 17.9 Å². The smallest absolute Gasteiger partial charge is 0.306 e. The molecule has 0 aromatic carbocycles. The summed E-state index contributed by atoms with van der Waals surface area (Å²) in [5.41, 5.74) is 3.08. The van der Waals surface area contributed by atoms with Crippen LogP contribution in [0, 0.1) is 12.8 Å². The molecular formula is C18H22N4O3. The number of pyridine rings is 1. The topological polar surface area (TPSA) is 97.1 Å². The Kier molecular flexibility index (Phi) is 3.74. The first-order valence-electron chi connectivity index (χ1n) is 8.82. The SMILES string of the molecule is Cc1nn(C)c2nc(C3CC3)cc(C(=O)N[C@H]3CC[C@@H](C(=O)O)C3)c12. The molecule has 0 aliphatic heterocycles. The van der Waals surface area contributed by atoms with Gasteiger partial charge in [0.2, 0.25) is 0 Å². The van der Waals surface area contributed by atoms with Crippen molar-refractivity contribution in [2.75, 3.05) is 0 Å².